The number of para-hydroxylation sites is 1. The maximum absolute atomic E-state index is 12.3. The van der Waals surface area contributed by atoms with Gasteiger partial charge in [0.2, 0.25) is 0 Å². The second-order valence-corrected chi connectivity index (χ2v) is 8.02. The fraction of sp³-hybridized carbons (Fsp3) is 0.190. The smallest absolute Gasteiger partial charge is 0.191 e. The number of pyridine rings is 1. The molecule has 4 rings (SSSR count). The number of hydrogen-bond donors (Lipinski definition) is 1. The summed E-state index contributed by atoms with van der Waals surface area (Å²) < 4.78 is 7.71. The highest BCUT2D eigenvalue weighted by atomic mass is 35.5. The Morgan fingerprint density at radius 3 is 2.83 bits per heavy atom. The third-order valence-electron chi connectivity index (χ3n) is 4.51. The normalized spacial score (nSPS) is 11.1. The number of aryl methyl sites for hydroxylation is 1. The number of benzene rings is 2. The van der Waals surface area contributed by atoms with E-state index in [1.54, 1.807) is 24.3 Å². The van der Waals surface area contributed by atoms with Crippen molar-refractivity contribution < 1.29 is 4.74 Å². The fourth-order valence-corrected chi connectivity index (χ4v) is 4.02. The number of H-pyrrole nitrogens is 1. The van der Waals surface area contributed by atoms with E-state index in [2.05, 4.69) is 15.2 Å². The molecular formula is C21H19ClN4O2S. The molecule has 0 aliphatic carbocycles. The van der Waals surface area contributed by atoms with E-state index < -0.39 is 0 Å². The molecule has 0 spiro atoms. The van der Waals surface area contributed by atoms with Gasteiger partial charge in [0.05, 0.1) is 10.5 Å². The molecule has 2 aromatic heterocycles. The number of thioether (sulfide) groups is 1. The van der Waals surface area contributed by atoms with Crippen molar-refractivity contribution >= 4 is 34.3 Å². The van der Waals surface area contributed by atoms with Crippen LogP contribution in [0.1, 0.15) is 17.1 Å². The molecule has 2 aromatic carbocycles. The van der Waals surface area contributed by atoms with Crippen molar-refractivity contribution in [2.75, 3.05) is 0 Å². The summed E-state index contributed by atoms with van der Waals surface area (Å²) in [5.74, 6) is 2.07. The number of fused-ring (bicyclic) bond motifs is 1. The van der Waals surface area contributed by atoms with Crippen LogP contribution in [0.2, 0.25) is 5.02 Å². The number of aromatic nitrogens is 4. The molecule has 148 valence electrons. The van der Waals surface area contributed by atoms with Crippen molar-refractivity contribution in [1.29, 1.82) is 0 Å². The van der Waals surface area contributed by atoms with Crippen LogP contribution in [0, 0.1) is 6.92 Å². The van der Waals surface area contributed by atoms with E-state index in [9.17, 15) is 4.79 Å². The predicted octanol–water partition coefficient (Wildman–Crippen LogP) is 4.49. The Balaban J connectivity index is 1.46. The zero-order valence-electron chi connectivity index (χ0n) is 16.0. The molecule has 8 heteroatoms. The third kappa shape index (κ3) is 4.31. The topological polar surface area (TPSA) is 72.8 Å². The van der Waals surface area contributed by atoms with E-state index in [1.807, 2.05) is 42.8 Å². The second-order valence-electron chi connectivity index (χ2n) is 6.67. The predicted molar refractivity (Wildman–Crippen MR) is 116 cm³/mol. The molecule has 0 atom stereocenters. The molecule has 0 saturated heterocycles. The average molecular weight is 427 g/mol. The van der Waals surface area contributed by atoms with Gasteiger partial charge in [-0.25, -0.2) is 0 Å². The third-order valence-corrected chi connectivity index (χ3v) is 5.89. The Kier molecular flexibility index (Phi) is 5.60. The van der Waals surface area contributed by atoms with Crippen LogP contribution >= 0.6 is 23.4 Å². The van der Waals surface area contributed by atoms with Crippen molar-refractivity contribution in [3.63, 3.8) is 0 Å². The van der Waals surface area contributed by atoms with Gasteiger partial charge in [-0.05, 0) is 36.8 Å². The van der Waals surface area contributed by atoms with Crippen LogP contribution in [0.4, 0.5) is 0 Å². The monoisotopic (exact) mass is 426 g/mol. The molecule has 0 fully saturated rings. The lowest BCUT2D eigenvalue weighted by Crippen LogP contribution is -2.06. The van der Waals surface area contributed by atoms with E-state index in [1.165, 1.54) is 11.8 Å². The maximum atomic E-state index is 12.3. The van der Waals surface area contributed by atoms with Gasteiger partial charge in [-0.1, -0.05) is 41.6 Å². The van der Waals surface area contributed by atoms with Gasteiger partial charge >= 0.3 is 0 Å². The molecule has 2 heterocycles. The van der Waals surface area contributed by atoms with Gasteiger partial charge in [-0.15, -0.1) is 10.2 Å². The van der Waals surface area contributed by atoms with Crippen LogP contribution in [0.15, 0.2) is 58.5 Å². The Morgan fingerprint density at radius 1 is 1.17 bits per heavy atom. The number of hydrogen-bond acceptors (Lipinski definition) is 5. The van der Waals surface area contributed by atoms with E-state index >= 15 is 0 Å². The molecule has 29 heavy (non-hydrogen) atoms. The van der Waals surface area contributed by atoms with Crippen LogP contribution in [0.25, 0.3) is 10.9 Å². The van der Waals surface area contributed by atoms with Crippen molar-refractivity contribution in [2.45, 2.75) is 24.4 Å². The van der Waals surface area contributed by atoms with Gasteiger partial charge in [0.25, 0.3) is 0 Å². The Morgan fingerprint density at radius 2 is 2.00 bits per heavy atom. The average Bonchev–Trinajstić information content (AvgIpc) is 3.05. The number of halogens is 1. The minimum Gasteiger partial charge on any atom is -0.486 e. The molecule has 0 amide bonds. The molecule has 0 bridgehead atoms. The summed E-state index contributed by atoms with van der Waals surface area (Å²) in [6.45, 7) is 2.35. The summed E-state index contributed by atoms with van der Waals surface area (Å²) in [5, 5.41) is 10.3. The molecule has 4 aromatic rings. The van der Waals surface area contributed by atoms with Crippen molar-refractivity contribution in [3.05, 3.63) is 80.9 Å². The van der Waals surface area contributed by atoms with E-state index in [4.69, 9.17) is 16.3 Å². The zero-order valence-corrected chi connectivity index (χ0v) is 17.5. The molecule has 6 nitrogen and oxygen atoms in total. The Bertz CT molecular complexity index is 1240. The minimum atomic E-state index is -0.0536. The number of nitrogens with one attached hydrogen (secondary N) is 1. The first kappa shape index (κ1) is 19.5. The summed E-state index contributed by atoms with van der Waals surface area (Å²) in [6.07, 6.45) is 0. The van der Waals surface area contributed by atoms with E-state index in [-0.39, 0.29) is 5.43 Å². The molecular weight excluding hydrogens is 408 g/mol. The van der Waals surface area contributed by atoms with Crippen LogP contribution in [-0.2, 0) is 19.4 Å². The summed E-state index contributed by atoms with van der Waals surface area (Å²) in [5.41, 5.74) is 2.52. The number of aromatic amines is 1. The van der Waals surface area contributed by atoms with Crippen LogP contribution in [0.5, 0.6) is 5.75 Å². The first-order valence-electron chi connectivity index (χ1n) is 9.02. The molecule has 1 N–H and O–H groups in total. The summed E-state index contributed by atoms with van der Waals surface area (Å²) >= 11 is 7.71. The Hall–Kier alpha value is -2.77. The zero-order chi connectivity index (χ0) is 20.4. The molecule has 0 unspecified atom stereocenters. The lowest BCUT2D eigenvalue weighted by atomic mass is 10.2. The lowest BCUT2D eigenvalue weighted by Gasteiger charge is -2.08. The summed E-state index contributed by atoms with van der Waals surface area (Å²) in [7, 11) is 1.90. The maximum Gasteiger partial charge on any atom is 0.191 e. The Labute approximate surface area is 176 Å². The van der Waals surface area contributed by atoms with Crippen LogP contribution < -0.4 is 10.2 Å². The van der Waals surface area contributed by atoms with Gasteiger partial charge in [0, 0.05) is 29.9 Å². The van der Waals surface area contributed by atoms with Gasteiger partial charge in [0.1, 0.15) is 12.4 Å². The molecule has 0 aliphatic heterocycles. The molecule has 0 saturated carbocycles. The molecule has 0 aliphatic rings. The lowest BCUT2D eigenvalue weighted by molar-refractivity contribution is 0.290. The van der Waals surface area contributed by atoms with E-state index in [0.717, 1.165) is 28.0 Å². The summed E-state index contributed by atoms with van der Waals surface area (Å²) in [4.78, 5) is 15.6. The fourth-order valence-electron chi connectivity index (χ4n) is 2.96. The first-order chi connectivity index (χ1) is 14.0. The summed E-state index contributed by atoms with van der Waals surface area (Å²) in [6, 6.07) is 14.8. The largest absolute Gasteiger partial charge is 0.486 e. The minimum absolute atomic E-state index is 0.0536. The van der Waals surface area contributed by atoms with Crippen molar-refractivity contribution in [3.8, 4) is 5.75 Å². The highest BCUT2D eigenvalue weighted by Gasteiger charge is 2.12. The van der Waals surface area contributed by atoms with E-state index in [0.29, 0.717) is 28.3 Å². The highest BCUT2D eigenvalue weighted by molar-refractivity contribution is 7.98. The SMILES string of the molecule is Cc1cccc(OCc2nnc(SCc3cc(=O)c4cccc(Cl)c4[nH]3)n2C)c1. The van der Waals surface area contributed by atoms with Gasteiger partial charge < -0.3 is 14.3 Å². The van der Waals surface area contributed by atoms with Gasteiger partial charge in [-0.3, -0.25) is 4.79 Å². The number of rotatable bonds is 6. The van der Waals surface area contributed by atoms with Crippen molar-refractivity contribution in [1.82, 2.24) is 19.7 Å². The standard InChI is InChI=1S/C21H19ClN4O2S/c1-13-5-3-6-15(9-13)28-11-19-24-25-21(26(19)2)29-12-14-10-18(27)16-7-4-8-17(22)20(16)23-14/h3-10H,11-12H2,1-2H3,(H,23,27). The number of ether oxygens (including phenoxy) is 1. The van der Waals surface area contributed by atoms with Crippen LogP contribution in [-0.4, -0.2) is 19.7 Å². The highest BCUT2D eigenvalue weighted by Crippen LogP contribution is 2.24. The van der Waals surface area contributed by atoms with Gasteiger partial charge in [-0.2, -0.15) is 0 Å². The van der Waals surface area contributed by atoms with Crippen LogP contribution in [0.3, 0.4) is 0 Å². The molecule has 0 radical (unpaired) electrons. The van der Waals surface area contributed by atoms with Gasteiger partial charge in [0.15, 0.2) is 16.4 Å². The van der Waals surface area contributed by atoms with Crippen molar-refractivity contribution in [2.24, 2.45) is 7.05 Å². The number of nitrogens with zero attached hydrogens (tertiary/aromatic N) is 3. The quantitative estimate of drug-likeness (QED) is 0.460. The first-order valence-corrected chi connectivity index (χ1v) is 10.4. The second kappa shape index (κ2) is 8.31.